The third kappa shape index (κ3) is 3.53. The summed E-state index contributed by atoms with van der Waals surface area (Å²) in [7, 11) is -3.58. The molecule has 0 aliphatic rings. The van der Waals surface area contributed by atoms with E-state index in [4.69, 9.17) is 5.11 Å². The minimum Gasteiger partial charge on any atom is -0.478 e. The molecule has 0 atom stereocenters. The quantitative estimate of drug-likeness (QED) is 0.864. The predicted molar refractivity (Wildman–Crippen MR) is 85.8 cm³/mol. The molecule has 0 aliphatic carbocycles. The second-order valence-corrected chi connectivity index (χ2v) is 8.58. The van der Waals surface area contributed by atoms with Crippen molar-refractivity contribution < 1.29 is 18.3 Å². The van der Waals surface area contributed by atoms with E-state index in [0.717, 1.165) is 4.47 Å². The first kappa shape index (κ1) is 16.2. The minimum atomic E-state index is -3.58. The number of sulfone groups is 1. The fourth-order valence-corrected chi connectivity index (χ4v) is 5.49. The van der Waals surface area contributed by atoms with Crippen LogP contribution in [0.25, 0.3) is 0 Å². The SMILES string of the molecule is Cc1cc(C(=O)O)cc(S(=O)(=O)Cc2cc(Br)cs2)c1C. The Morgan fingerprint density at radius 1 is 1.29 bits per heavy atom. The van der Waals surface area contributed by atoms with Crippen LogP contribution < -0.4 is 0 Å². The number of thiophene rings is 1. The predicted octanol–water partition coefficient (Wildman–Crippen LogP) is 3.80. The van der Waals surface area contributed by atoms with Crippen molar-refractivity contribution in [3.05, 3.63) is 49.6 Å². The highest BCUT2D eigenvalue weighted by atomic mass is 79.9. The topological polar surface area (TPSA) is 71.4 Å². The molecular weight excluding hydrogens is 376 g/mol. The lowest BCUT2D eigenvalue weighted by Crippen LogP contribution is -2.09. The Balaban J connectivity index is 2.51. The zero-order chi connectivity index (χ0) is 15.8. The van der Waals surface area contributed by atoms with Crippen LogP contribution in [0.2, 0.25) is 0 Å². The molecule has 1 N–H and O–H groups in total. The van der Waals surface area contributed by atoms with E-state index in [2.05, 4.69) is 15.9 Å². The van der Waals surface area contributed by atoms with Crippen LogP contribution in [0.15, 0.2) is 32.9 Å². The van der Waals surface area contributed by atoms with Gasteiger partial charge in [0.25, 0.3) is 0 Å². The van der Waals surface area contributed by atoms with Gasteiger partial charge in [0.05, 0.1) is 16.2 Å². The van der Waals surface area contributed by atoms with Crippen molar-refractivity contribution in [1.29, 1.82) is 0 Å². The number of hydrogen-bond donors (Lipinski definition) is 1. The summed E-state index contributed by atoms with van der Waals surface area (Å²) in [6.07, 6.45) is 0. The lowest BCUT2D eigenvalue weighted by Gasteiger charge is -2.11. The van der Waals surface area contributed by atoms with Gasteiger partial charge in [0.1, 0.15) is 0 Å². The van der Waals surface area contributed by atoms with Crippen LogP contribution in [-0.4, -0.2) is 19.5 Å². The Hall–Kier alpha value is -1.18. The summed E-state index contributed by atoms with van der Waals surface area (Å²) < 4.78 is 26.0. The van der Waals surface area contributed by atoms with Crippen molar-refractivity contribution in [2.75, 3.05) is 0 Å². The van der Waals surface area contributed by atoms with Gasteiger partial charge in [-0.3, -0.25) is 0 Å². The van der Waals surface area contributed by atoms with Crippen molar-refractivity contribution in [3.63, 3.8) is 0 Å². The number of halogens is 1. The molecule has 4 nitrogen and oxygen atoms in total. The fourth-order valence-electron chi connectivity index (χ4n) is 1.97. The summed E-state index contributed by atoms with van der Waals surface area (Å²) in [4.78, 5) is 11.9. The number of carboxylic acids is 1. The monoisotopic (exact) mass is 388 g/mol. The highest BCUT2D eigenvalue weighted by Crippen LogP contribution is 2.28. The van der Waals surface area contributed by atoms with E-state index >= 15 is 0 Å². The molecule has 0 unspecified atom stereocenters. The molecule has 0 radical (unpaired) electrons. The van der Waals surface area contributed by atoms with Gasteiger partial charge in [0.15, 0.2) is 9.84 Å². The van der Waals surface area contributed by atoms with Gasteiger partial charge >= 0.3 is 5.97 Å². The van der Waals surface area contributed by atoms with E-state index in [9.17, 15) is 13.2 Å². The number of carbonyl (C=O) groups is 1. The van der Waals surface area contributed by atoms with Gasteiger partial charge < -0.3 is 5.11 Å². The van der Waals surface area contributed by atoms with E-state index in [1.54, 1.807) is 19.9 Å². The smallest absolute Gasteiger partial charge is 0.335 e. The van der Waals surface area contributed by atoms with Gasteiger partial charge in [-0.1, -0.05) is 0 Å². The van der Waals surface area contributed by atoms with Gasteiger partial charge in [-0.2, -0.15) is 0 Å². The molecule has 0 saturated heterocycles. The van der Waals surface area contributed by atoms with Crippen molar-refractivity contribution in [1.82, 2.24) is 0 Å². The molecule has 1 aromatic carbocycles. The van der Waals surface area contributed by atoms with Crippen LogP contribution in [0.3, 0.4) is 0 Å². The Labute approximate surface area is 135 Å². The first-order valence-electron chi connectivity index (χ1n) is 6.01. The fraction of sp³-hybridized carbons (Fsp3) is 0.214. The Morgan fingerprint density at radius 3 is 2.48 bits per heavy atom. The Bertz CT molecular complexity index is 806. The van der Waals surface area contributed by atoms with E-state index in [1.807, 2.05) is 5.38 Å². The molecule has 0 fully saturated rings. The lowest BCUT2D eigenvalue weighted by molar-refractivity contribution is 0.0696. The molecule has 0 spiro atoms. The maximum atomic E-state index is 12.6. The molecular formula is C14H13BrO4S2. The van der Waals surface area contributed by atoms with E-state index in [1.165, 1.54) is 23.5 Å². The normalized spacial score (nSPS) is 11.6. The van der Waals surface area contributed by atoms with Crippen LogP contribution in [0, 0.1) is 13.8 Å². The van der Waals surface area contributed by atoms with Gasteiger partial charge in [0, 0.05) is 14.7 Å². The molecule has 21 heavy (non-hydrogen) atoms. The zero-order valence-corrected chi connectivity index (χ0v) is 14.6. The number of hydrogen-bond acceptors (Lipinski definition) is 4. The highest BCUT2D eigenvalue weighted by Gasteiger charge is 2.22. The Kier molecular flexibility index (Phi) is 4.55. The molecule has 2 rings (SSSR count). The summed E-state index contributed by atoms with van der Waals surface area (Å²) in [5, 5.41) is 10.9. The van der Waals surface area contributed by atoms with Crippen molar-refractivity contribution in [3.8, 4) is 0 Å². The molecule has 1 heterocycles. The van der Waals surface area contributed by atoms with Gasteiger partial charge in [-0.15, -0.1) is 11.3 Å². The highest BCUT2D eigenvalue weighted by molar-refractivity contribution is 9.10. The summed E-state index contributed by atoms with van der Waals surface area (Å²) in [6.45, 7) is 3.40. The number of rotatable bonds is 4. The number of aromatic carboxylic acids is 1. The number of aryl methyl sites for hydroxylation is 1. The van der Waals surface area contributed by atoms with Crippen LogP contribution in [0.1, 0.15) is 26.4 Å². The van der Waals surface area contributed by atoms with Crippen LogP contribution in [0.4, 0.5) is 0 Å². The van der Waals surface area contributed by atoms with E-state index in [-0.39, 0.29) is 16.2 Å². The number of carboxylic acid groups (broad SMARTS) is 1. The third-order valence-electron chi connectivity index (χ3n) is 3.16. The molecule has 0 saturated carbocycles. The first-order valence-corrected chi connectivity index (χ1v) is 9.33. The first-order chi connectivity index (χ1) is 9.70. The van der Waals surface area contributed by atoms with E-state index < -0.39 is 15.8 Å². The standard InChI is InChI=1S/C14H13BrO4S2/c1-8-3-10(14(16)17)4-13(9(8)2)21(18,19)7-12-5-11(15)6-20-12/h3-6H,7H2,1-2H3,(H,16,17). The molecule has 112 valence electrons. The molecule has 0 amide bonds. The molecule has 1 aromatic heterocycles. The summed E-state index contributed by atoms with van der Waals surface area (Å²) in [6, 6.07) is 4.48. The second-order valence-electron chi connectivity index (χ2n) is 4.71. The molecule has 0 aliphatic heterocycles. The van der Waals surface area contributed by atoms with Crippen LogP contribution in [0.5, 0.6) is 0 Å². The molecule has 7 heteroatoms. The average molecular weight is 389 g/mol. The van der Waals surface area contributed by atoms with Crippen LogP contribution >= 0.6 is 27.3 Å². The maximum Gasteiger partial charge on any atom is 0.335 e. The van der Waals surface area contributed by atoms with Gasteiger partial charge in [-0.25, -0.2) is 13.2 Å². The lowest BCUT2D eigenvalue weighted by atomic mass is 10.1. The maximum absolute atomic E-state index is 12.6. The average Bonchev–Trinajstić information content (AvgIpc) is 2.76. The summed E-state index contributed by atoms with van der Waals surface area (Å²) in [5.74, 6) is -1.26. The Morgan fingerprint density at radius 2 is 1.95 bits per heavy atom. The largest absolute Gasteiger partial charge is 0.478 e. The van der Waals surface area contributed by atoms with Gasteiger partial charge in [0.2, 0.25) is 0 Å². The minimum absolute atomic E-state index is 0.0102. The summed E-state index contributed by atoms with van der Waals surface area (Å²) >= 11 is 4.64. The summed E-state index contributed by atoms with van der Waals surface area (Å²) in [5.41, 5.74) is 1.24. The third-order valence-corrected chi connectivity index (χ3v) is 6.82. The molecule has 2 aromatic rings. The van der Waals surface area contributed by atoms with Gasteiger partial charge in [-0.05, 0) is 59.1 Å². The zero-order valence-electron chi connectivity index (χ0n) is 11.4. The van der Waals surface area contributed by atoms with Crippen molar-refractivity contribution >= 4 is 43.1 Å². The van der Waals surface area contributed by atoms with E-state index in [0.29, 0.717) is 16.0 Å². The second kappa shape index (κ2) is 5.90. The van der Waals surface area contributed by atoms with Crippen molar-refractivity contribution in [2.24, 2.45) is 0 Å². The van der Waals surface area contributed by atoms with Crippen molar-refractivity contribution in [2.45, 2.75) is 24.5 Å². The molecule has 0 bridgehead atoms. The number of benzene rings is 1. The van der Waals surface area contributed by atoms with Crippen LogP contribution in [-0.2, 0) is 15.6 Å².